The zero-order chi connectivity index (χ0) is 24.6. The van der Waals surface area contributed by atoms with E-state index in [1.54, 1.807) is 0 Å². The Kier molecular flexibility index (Phi) is 15.6. The summed E-state index contributed by atoms with van der Waals surface area (Å²) in [5.74, 6) is 0.418. The molecule has 0 aromatic heterocycles. The first-order chi connectivity index (χ1) is 17.3. The summed E-state index contributed by atoms with van der Waals surface area (Å²) in [7, 11) is 3.30. The van der Waals surface area contributed by atoms with E-state index in [1.807, 2.05) is 0 Å². The molecule has 3 aromatic carbocycles. The van der Waals surface area contributed by atoms with Crippen molar-refractivity contribution in [2.45, 2.75) is 101 Å². The van der Waals surface area contributed by atoms with Gasteiger partial charge < -0.3 is 0 Å². The molecule has 0 radical (unpaired) electrons. The van der Waals surface area contributed by atoms with Crippen LogP contribution in [-0.2, 0) is 5.16 Å². The van der Waals surface area contributed by atoms with Crippen LogP contribution in [-0.4, -0.2) is 0 Å². The van der Waals surface area contributed by atoms with Crippen LogP contribution in [0.5, 0.6) is 0 Å². The summed E-state index contributed by atoms with van der Waals surface area (Å²) in [4.78, 5) is 0. The molecule has 0 saturated carbocycles. The van der Waals surface area contributed by atoms with E-state index in [2.05, 4.69) is 107 Å². The van der Waals surface area contributed by atoms with Crippen LogP contribution in [0.1, 0.15) is 113 Å². The largest absolute Gasteiger partial charge is 0.121 e. The van der Waals surface area contributed by atoms with Gasteiger partial charge in [-0.25, -0.2) is 0 Å². The van der Waals surface area contributed by atoms with Gasteiger partial charge in [0.2, 0.25) is 0 Å². The topological polar surface area (TPSA) is 0 Å². The highest BCUT2D eigenvalue weighted by Crippen LogP contribution is 2.51. The van der Waals surface area contributed by atoms with Gasteiger partial charge in [0.1, 0.15) is 0 Å². The van der Waals surface area contributed by atoms with Gasteiger partial charge in [-0.2, -0.15) is 0 Å². The van der Waals surface area contributed by atoms with Gasteiger partial charge in [0, 0.05) is 11.1 Å². The zero-order valence-corrected chi connectivity index (χ0v) is 25.9. The molecular formula is C34H48IP. The fraction of sp³-hybridized carbons (Fsp3) is 0.471. The van der Waals surface area contributed by atoms with Crippen LogP contribution in [0, 0.1) is 0 Å². The van der Waals surface area contributed by atoms with E-state index in [1.165, 1.54) is 100 Å². The van der Waals surface area contributed by atoms with Crippen molar-refractivity contribution in [1.82, 2.24) is 0 Å². The molecule has 0 amide bonds. The maximum Gasteiger partial charge on any atom is 0.0412 e. The Labute approximate surface area is 241 Å². The van der Waals surface area contributed by atoms with Gasteiger partial charge in [-0.05, 0) is 23.1 Å². The molecule has 3 rings (SSSR count). The maximum absolute atomic E-state index is 3.30. The monoisotopic (exact) mass is 614 g/mol. The second kappa shape index (κ2) is 18.1. The molecule has 0 spiro atoms. The third-order valence-electron chi connectivity index (χ3n) is 7.60. The SMILES string of the molecule is CCCCCCCCCCCCCCC(c1ccccc1)C(P)(c1ccccc1)c1ccccc1.I. The Morgan fingerprint density at radius 2 is 0.889 bits per heavy atom. The highest BCUT2D eigenvalue weighted by atomic mass is 127. The van der Waals surface area contributed by atoms with Crippen LogP contribution < -0.4 is 0 Å². The van der Waals surface area contributed by atoms with Crippen LogP contribution in [0.3, 0.4) is 0 Å². The van der Waals surface area contributed by atoms with Crippen LogP contribution in [0.2, 0.25) is 0 Å². The number of hydrogen-bond acceptors (Lipinski definition) is 0. The highest BCUT2D eigenvalue weighted by Gasteiger charge is 2.38. The molecule has 0 nitrogen and oxygen atoms in total. The van der Waals surface area contributed by atoms with Crippen LogP contribution >= 0.6 is 33.2 Å². The molecule has 0 N–H and O–H groups in total. The summed E-state index contributed by atoms with van der Waals surface area (Å²) in [6.45, 7) is 2.30. The third-order valence-corrected chi connectivity index (χ3v) is 8.67. The standard InChI is InChI=1S/C34H47P.HI/c1-2-3-4-5-6-7-8-9-10-11-12-22-29-33(30-23-16-13-17-24-30)34(35,31-25-18-14-19-26-31)32-27-20-15-21-28-32;/h13-21,23-28,33H,2-12,22,29,35H2,1H3;1H. The number of hydrogen-bond donors (Lipinski definition) is 0. The molecule has 0 bridgehead atoms. The van der Waals surface area contributed by atoms with Crippen molar-refractivity contribution < 1.29 is 0 Å². The van der Waals surface area contributed by atoms with Gasteiger partial charge in [-0.1, -0.05) is 175 Å². The Hall–Kier alpha value is -1.18. The van der Waals surface area contributed by atoms with E-state index >= 15 is 0 Å². The summed E-state index contributed by atoms with van der Waals surface area (Å²) in [5, 5.41) is -0.137. The van der Waals surface area contributed by atoms with Crippen molar-refractivity contribution >= 4 is 33.2 Å². The van der Waals surface area contributed by atoms with Crippen molar-refractivity contribution in [3.63, 3.8) is 0 Å². The molecule has 2 atom stereocenters. The number of halogens is 1. The van der Waals surface area contributed by atoms with Crippen LogP contribution in [0.25, 0.3) is 0 Å². The minimum atomic E-state index is -0.137. The van der Waals surface area contributed by atoms with Gasteiger partial charge in [0.15, 0.2) is 0 Å². The minimum absolute atomic E-state index is 0. The molecule has 0 aliphatic rings. The van der Waals surface area contributed by atoms with Crippen molar-refractivity contribution in [2.75, 3.05) is 0 Å². The Bertz CT molecular complexity index is 870. The summed E-state index contributed by atoms with van der Waals surface area (Å²) in [5.41, 5.74) is 4.20. The summed E-state index contributed by atoms with van der Waals surface area (Å²) >= 11 is 0. The van der Waals surface area contributed by atoms with Gasteiger partial charge in [-0.3, -0.25) is 0 Å². The fourth-order valence-corrected chi connectivity index (χ4v) is 6.27. The van der Waals surface area contributed by atoms with Gasteiger partial charge in [0.25, 0.3) is 0 Å². The molecule has 2 unspecified atom stereocenters. The number of unbranched alkanes of at least 4 members (excludes halogenated alkanes) is 11. The Morgan fingerprint density at radius 1 is 0.528 bits per heavy atom. The van der Waals surface area contributed by atoms with Crippen LogP contribution in [0.4, 0.5) is 0 Å². The van der Waals surface area contributed by atoms with Crippen molar-refractivity contribution in [3.8, 4) is 0 Å². The predicted octanol–water partition coefficient (Wildman–Crippen LogP) is 11.3. The average molecular weight is 615 g/mol. The molecular weight excluding hydrogens is 566 g/mol. The minimum Gasteiger partial charge on any atom is -0.121 e. The number of rotatable bonds is 17. The van der Waals surface area contributed by atoms with Gasteiger partial charge in [0.05, 0.1) is 0 Å². The lowest BCUT2D eigenvalue weighted by Gasteiger charge is -2.39. The average Bonchev–Trinajstić information content (AvgIpc) is 2.92. The Morgan fingerprint density at radius 3 is 1.31 bits per heavy atom. The van der Waals surface area contributed by atoms with E-state index in [0.29, 0.717) is 5.92 Å². The third kappa shape index (κ3) is 9.60. The zero-order valence-electron chi connectivity index (χ0n) is 22.4. The van der Waals surface area contributed by atoms with E-state index in [0.717, 1.165) is 0 Å². The Balaban J connectivity index is 0.00000456. The lowest BCUT2D eigenvalue weighted by Crippen LogP contribution is -2.29. The quantitative estimate of drug-likeness (QED) is 0.0806. The molecule has 0 aliphatic carbocycles. The molecule has 196 valence electrons. The highest BCUT2D eigenvalue weighted by molar-refractivity contribution is 14.0. The van der Waals surface area contributed by atoms with Gasteiger partial charge >= 0.3 is 0 Å². The van der Waals surface area contributed by atoms with Crippen molar-refractivity contribution in [2.24, 2.45) is 0 Å². The molecule has 0 fully saturated rings. The lowest BCUT2D eigenvalue weighted by atomic mass is 9.74. The summed E-state index contributed by atoms with van der Waals surface area (Å²) in [6.07, 6.45) is 17.9. The van der Waals surface area contributed by atoms with E-state index in [-0.39, 0.29) is 29.1 Å². The van der Waals surface area contributed by atoms with Crippen molar-refractivity contribution in [3.05, 3.63) is 108 Å². The molecule has 0 aliphatic heterocycles. The van der Waals surface area contributed by atoms with Crippen molar-refractivity contribution in [1.29, 1.82) is 0 Å². The second-order valence-electron chi connectivity index (χ2n) is 10.2. The smallest absolute Gasteiger partial charge is 0.0412 e. The van der Waals surface area contributed by atoms with Gasteiger partial charge in [-0.15, -0.1) is 33.2 Å². The summed E-state index contributed by atoms with van der Waals surface area (Å²) < 4.78 is 0. The fourth-order valence-electron chi connectivity index (χ4n) is 5.53. The molecule has 36 heavy (non-hydrogen) atoms. The van der Waals surface area contributed by atoms with E-state index in [4.69, 9.17) is 0 Å². The molecule has 3 aromatic rings. The second-order valence-corrected chi connectivity index (χ2v) is 11.2. The molecule has 0 heterocycles. The van der Waals surface area contributed by atoms with E-state index in [9.17, 15) is 0 Å². The van der Waals surface area contributed by atoms with Crippen LogP contribution in [0.15, 0.2) is 91.0 Å². The molecule has 0 saturated heterocycles. The first-order valence-electron chi connectivity index (χ1n) is 14.2. The first kappa shape index (κ1) is 31.0. The first-order valence-corrected chi connectivity index (χ1v) is 14.8. The normalized spacial score (nSPS) is 12.2. The predicted molar refractivity (Wildman–Crippen MR) is 174 cm³/mol. The molecule has 2 heteroatoms. The van der Waals surface area contributed by atoms with E-state index < -0.39 is 0 Å². The number of benzene rings is 3. The maximum atomic E-state index is 3.30. The summed E-state index contributed by atoms with van der Waals surface area (Å²) in [6, 6.07) is 33.4. The lowest BCUT2D eigenvalue weighted by molar-refractivity contribution is 0.476.